The average Bonchev–Trinajstić information content (AvgIpc) is 2.32. The van der Waals surface area contributed by atoms with E-state index in [4.69, 9.17) is 6.42 Å². The van der Waals surface area contributed by atoms with Crippen molar-refractivity contribution >= 4 is 14.0 Å². The Labute approximate surface area is 67.2 Å². The van der Waals surface area contributed by atoms with Crippen LogP contribution in [0.2, 0.25) is 0 Å². The number of ether oxygens (including phenoxy) is 2. The Kier molecular flexibility index (Phi) is 2.34. The molecular weight excluding hydrogens is 191 g/mol. The second kappa shape index (κ2) is 3.11. The van der Waals surface area contributed by atoms with Gasteiger partial charge in [0.05, 0.1) is 0 Å². The minimum absolute atomic E-state index is 0.0463. The molecule has 12 heavy (non-hydrogen) atoms. The molecule has 1 heterocycles. The van der Waals surface area contributed by atoms with Crippen molar-refractivity contribution in [1.82, 2.24) is 0 Å². The Balaban J connectivity index is 2.65. The van der Waals surface area contributed by atoms with Gasteiger partial charge in [-0.05, 0) is 0 Å². The molecule has 1 aliphatic heterocycles. The third-order valence-electron chi connectivity index (χ3n) is 0.985. The summed E-state index contributed by atoms with van der Waals surface area (Å²) in [5, 5.41) is 0. The fourth-order valence-corrected chi connectivity index (χ4v) is 0.861. The van der Waals surface area contributed by atoms with Crippen LogP contribution in [0.4, 0.5) is 8.39 Å². The van der Waals surface area contributed by atoms with Gasteiger partial charge in [-0.15, -0.1) is 14.8 Å². The molecule has 1 atom stereocenters. The Hall–Kier alpha value is -1.08. The van der Waals surface area contributed by atoms with Crippen molar-refractivity contribution in [3.63, 3.8) is 0 Å². The van der Waals surface area contributed by atoms with Crippen molar-refractivity contribution in [3.8, 4) is 12.3 Å². The predicted molar refractivity (Wildman–Crippen MR) is 36.9 cm³/mol. The van der Waals surface area contributed by atoms with E-state index in [-0.39, 0.29) is 6.61 Å². The summed E-state index contributed by atoms with van der Waals surface area (Å²) in [5.74, 6) is 2.12. The van der Waals surface area contributed by atoms with Crippen LogP contribution in [0.25, 0.3) is 0 Å². The van der Waals surface area contributed by atoms with E-state index in [9.17, 15) is 13.0 Å². The highest BCUT2D eigenvalue weighted by molar-refractivity contribution is 7.51. The maximum absolute atomic E-state index is 11.8. The van der Waals surface area contributed by atoms with E-state index in [1.54, 1.807) is 0 Å². The number of hydrogen-bond donors (Lipinski definition) is 0. The maximum atomic E-state index is 11.8. The summed E-state index contributed by atoms with van der Waals surface area (Å²) in [6.07, 6.45) is 3.46. The summed E-state index contributed by atoms with van der Waals surface area (Å²) < 4.78 is 44.8. The van der Waals surface area contributed by atoms with Crippen molar-refractivity contribution in [1.29, 1.82) is 0 Å². The Morgan fingerprint density at radius 1 is 1.75 bits per heavy atom. The lowest BCUT2D eigenvalue weighted by atomic mass is 10.4. The summed E-state index contributed by atoms with van der Waals surface area (Å²) in [7, 11) is -5.48. The van der Waals surface area contributed by atoms with Gasteiger partial charge in [-0.3, -0.25) is 0 Å². The summed E-state index contributed by atoms with van der Waals surface area (Å²) in [5.41, 5.74) is 0. The molecule has 66 valence electrons. The molecule has 0 radical (unpaired) electrons. The molecule has 0 spiro atoms. The van der Waals surface area contributed by atoms with Crippen LogP contribution in [0, 0.1) is 12.3 Å². The molecule has 7 heteroatoms. The van der Waals surface area contributed by atoms with Gasteiger partial charge in [0.15, 0.2) is 6.10 Å². The lowest BCUT2D eigenvalue weighted by molar-refractivity contribution is 0.289. The number of rotatable bonds is 1. The molecule has 0 N–H and O–H groups in total. The third kappa shape index (κ3) is 2.51. The van der Waals surface area contributed by atoms with Crippen LogP contribution in [0.1, 0.15) is 0 Å². The molecule has 0 aromatic carbocycles. The number of halogens is 2. The topological polar surface area (TPSA) is 47.9 Å². The van der Waals surface area contributed by atoms with Crippen molar-refractivity contribution in [2.24, 2.45) is 4.76 Å². The molecule has 0 bridgehead atoms. The fourth-order valence-electron chi connectivity index (χ4n) is 0.566. The monoisotopic (exact) mass is 195 g/mol. The zero-order valence-electron chi connectivity index (χ0n) is 5.74. The van der Waals surface area contributed by atoms with Crippen LogP contribution < -0.4 is 0 Å². The highest BCUT2D eigenvalue weighted by atomic mass is 31.2. The van der Waals surface area contributed by atoms with Gasteiger partial charge >= 0.3 is 14.0 Å². The molecule has 0 saturated carbocycles. The Morgan fingerprint density at radius 2 is 2.42 bits per heavy atom. The number of terminal acetylenes is 1. The Bertz CT molecular complexity index is 292. The quantitative estimate of drug-likeness (QED) is 0.469. The number of hydrogen-bond acceptors (Lipinski definition) is 3. The van der Waals surface area contributed by atoms with E-state index >= 15 is 0 Å². The molecule has 0 aromatic rings. The van der Waals surface area contributed by atoms with Crippen molar-refractivity contribution in [2.45, 2.75) is 6.10 Å². The maximum Gasteiger partial charge on any atom is 0.535 e. The lowest BCUT2D eigenvalue weighted by Crippen LogP contribution is -2.05. The molecule has 1 unspecified atom stereocenters. The standard InChI is InChI=1S/C5H4F2NO3P/c1-2-4-3-10-5(11-4)8-12(6,7)9/h1,4H,3H2. The molecule has 0 aliphatic carbocycles. The van der Waals surface area contributed by atoms with Gasteiger partial charge < -0.3 is 9.47 Å². The zero-order chi connectivity index (χ0) is 9.19. The van der Waals surface area contributed by atoms with Gasteiger partial charge in [-0.25, -0.2) is 4.57 Å². The SMILES string of the molecule is C#CC1COC(=NP(=O)(F)F)O1. The van der Waals surface area contributed by atoms with Gasteiger partial charge in [-0.2, -0.15) is 0 Å². The predicted octanol–water partition coefficient (Wildman–Crippen LogP) is 1.44. The molecule has 1 fully saturated rings. The third-order valence-corrected chi connectivity index (χ3v) is 1.38. The minimum Gasteiger partial charge on any atom is -0.445 e. The van der Waals surface area contributed by atoms with Crippen LogP contribution in [0.3, 0.4) is 0 Å². The first-order valence-electron chi connectivity index (χ1n) is 2.86. The smallest absolute Gasteiger partial charge is 0.445 e. The molecular formula is C5H4F2NO3P. The van der Waals surface area contributed by atoms with E-state index in [2.05, 4.69) is 20.2 Å². The first kappa shape index (κ1) is 9.01. The molecule has 1 saturated heterocycles. The molecule has 0 aromatic heterocycles. The van der Waals surface area contributed by atoms with Crippen LogP contribution >= 0.6 is 7.91 Å². The van der Waals surface area contributed by atoms with Gasteiger partial charge in [-0.1, -0.05) is 10.7 Å². The van der Waals surface area contributed by atoms with E-state index in [1.807, 2.05) is 0 Å². The largest absolute Gasteiger partial charge is 0.535 e. The molecule has 4 nitrogen and oxygen atoms in total. The van der Waals surface area contributed by atoms with Crippen LogP contribution in [-0.4, -0.2) is 18.8 Å². The second-order valence-corrected chi connectivity index (χ2v) is 2.95. The zero-order valence-corrected chi connectivity index (χ0v) is 6.63. The molecule has 1 aliphatic rings. The van der Waals surface area contributed by atoms with Crippen molar-refractivity contribution in [3.05, 3.63) is 0 Å². The molecule has 0 amide bonds. The van der Waals surface area contributed by atoms with Gasteiger partial charge in [0.25, 0.3) is 0 Å². The van der Waals surface area contributed by atoms with Gasteiger partial charge in [0.1, 0.15) is 6.61 Å². The van der Waals surface area contributed by atoms with Crippen molar-refractivity contribution in [2.75, 3.05) is 6.61 Å². The minimum atomic E-state index is -5.48. The molecule has 1 rings (SSSR count). The number of nitrogens with zero attached hydrogens (tertiary/aromatic N) is 1. The summed E-state index contributed by atoms with van der Waals surface area (Å²) in [6, 6.07) is 0. The van der Waals surface area contributed by atoms with Crippen LogP contribution in [0.15, 0.2) is 4.76 Å². The first-order chi connectivity index (χ1) is 5.51. The summed E-state index contributed by atoms with van der Waals surface area (Å²) in [4.78, 5) is 0. The summed E-state index contributed by atoms with van der Waals surface area (Å²) in [6.45, 7) is -0.0463. The lowest BCUT2D eigenvalue weighted by Gasteiger charge is -1.95. The second-order valence-electron chi connectivity index (χ2n) is 1.88. The normalized spacial score (nSPS) is 26.1. The Morgan fingerprint density at radius 3 is 2.83 bits per heavy atom. The fraction of sp³-hybridized carbons (Fsp3) is 0.400. The van der Waals surface area contributed by atoms with Gasteiger partial charge in [0, 0.05) is 0 Å². The van der Waals surface area contributed by atoms with Crippen LogP contribution in [0.5, 0.6) is 0 Å². The average molecular weight is 195 g/mol. The van der Waals surface area contributed by atoms with E-state index in [0.717, 1.165) is 0 Å². The summed E-state index contributed by atoms with van der Waals surface area (Å²) >= 11 is 0. The van der Waals surface area contributed by atoms with E-state index in [1.165, 1.54) is 0 Å². The van der Waals surface area contributed by atoms with Crippen LogP contribution in [-0.2, 0) is 14.0 Å². The van der Waals surface area contributed by atoms with Gasteiger partial charge in [0.2, 0.25) is 0 Å². The first-order valence-corrected chi connectivity index (χ1v) is 4.30. The van der Waals surface area contributed by atoms with E-state index in [0.29, 0.717) is 0 Å². The van der Waals surface area contributed by atoms with Crippen molar-refractivity contribution < 1.29 is 22.4 Å². The van der Waals surface area contributed by atoms with E-state index < -0.39 is 20.1 Å². The highest BCUT2D eigenvalue weighted by Gasteiger charge is 2.27. The highest BCUT2D eigenvalue weighted by Crippen LogP contribution is 2.51.